The van der Waals surface area contributed by atoms with Crippen LogP contribution in [0.1, 0.15) is 45.7 Å². The van der Waals surface area contributed by atoms with Crippen LogP contribution in [0, 0.1) is 5.92 Å². The van der Waals surface area contributed by atoms with Gasteiger partial charge in [-0.25, -0.2) is 5.84 Å². The van der Waals surface area contributed by atoms with Gasteiger partial charge in [-0.15, -0.1) is 0 Å². The molecule has 0 saturated heterocycles. The van der Waals surface area contributed by atoms with Crippen molar-refractivity contribution in [3.05, 3.63) is 47.6 Å². The zero-order chi connectivity index (χ0) is 17.2. The molecule has 2 rings (SSSR count). The number of allylic oxidation sites excluding steroid dienone is 4. The Labute approximate surface area is 139 Å². The minimum absolute atomic E-state index is 0.0267. The van der Waals surface area contributed by atoms with Crippen LogP contribution in [0.3, 0.4) is 0 Å². The fraction of sp³-hybridized carbons (Fsp3) is 0.421. The molecule has 1 unspecified atom stereocenters. The van der Waals surface area contributed by atoms with Crippen molar-refractivity contribution in [1.82, 2.24) is 0 Å². The molecule has 124 valence electrons. The highest BCUT2D eigenvalue weighted by Gasteiger charge is 2.20. The fourth-order valence-electron chi connectivity index (χ4n) is 2.49. The molecule has 0 amide bonds. The van der Waals surface area contributed by atoms with E-state index in [9.17, 15) is 5.11 Å². The van der Waals surface area contributed by atoms with Crippen LogP contribution >= 0.6 is 0 Å². The van der Waals surface area contributed by atoms with Gasteiger partial charge in [0.2, 0.25) is 0 Å². The summed E-state index contributed by atoms with van der Waals surface area (Å²) in [7, 11) is 0. The molecule has 0 heterocycles. The number of hydrazone groups is 1. The first-order valence-electron chi connectivity index (χ1n) is 8.08. The molecule has 0 fully saturated rings. The third-order valence-electron chi connectivity index (χ3n) is 4.13. The number of benzene rings is 1. The van der Waals surface area contributed by atoms with Crippen LogP contribution in [0.5, 0.6) is 5.75 Å². The summed E-state index contributed by atoms with van der Waals surface area (Å²) in [4.78, 5) is 0. The van der Waals surface area contributed by atoms with Crippen LogP contribution < -0.4 is 11.0 Å². The molecule has 4 heteroatoms. The molecule has 0 saturated carbocycles. The highest BCUT2D eigenvalue weighted by Crippen LogP contribution is 2.36. The van der Waals surface area contributed by atoms with Gasteiger partial charge in [0, 0.05) is 5.92 Å². The van der Waals surface area contributed by atoms with Crippen molar-refractivity contribution < 1.29 is 5.11 Å². The van der Waals surface area contributed by atoms with Gasteiger partial charge in [0.05, 0.1) is 5.71 Å². The molecule has 4 nitrogen and oxygen atoms in total. The molecule has 1 aromatic rings. The minimum atomic E-state index is -0.0267. The number of nitrogens with zero attached hydrogens (tertiary/aromatic N) is 2. The number of phenols is 1. The summed E-state index contributed by atoms with van der Waals surface area (Å²) in [6, 6.07) is 3.97. The van der Waals surface area contributed by atoms with E-state index in [1.54, 1.807) is 0 Å². The Balaban J connectivity index is 2.47. The van der Waals surface area contributed by atoms with E-state index in [0.29, 0.717) is 5.69 Å². The van der Waals surface area contributed by atoms with E-state index < -0.39 is 0 Å². The lowest BCUT2D eigenvalue weighted by molar-refractivity contribution is 0.466. The first-order valence-corrected chi connectivity index (χ1v) is 8.08. The monoisotopic (exact) mass is 313 g/mol. The van der Waals surface area contributed by atoms with E-state index in [1.807, 2.05) is 37.3 Å². The average Bonchev–Trinajstić information content (AvgIpc) is 2.48. The second-order valence-corrected chi connectivity index (χ2v) is 7.01. The Morgan fingerprint density at radius 3 is 2.52 bits per heavy atom. The fourth-order valence-corrected chi connectivity index (χ4v) is 2.49. The standard InChI is InChI=1S/C19H27N3O/c1-6-14-11-15(19(3,4)5)12-17(18(14)23)22(20)21-16-10-8-7-9-13(16)2/h7-13,23H,6,20H2,1-5H3/b21-16-. The maximum atomic E-state index is 10.5. The minimum Gasteiger partial charge on any atom is -0.505 e. The maximum Gasteiger partial charge on any atom is 0.145 e. The third-order valence-corrected chi connectivity index (χ3v) is 4.13. The van der Waals surface area contributed by atoms with Gasteiger partial charge < -0.3 is 5.11 Å². The number of hydrogen-bond donors (Lipinski definition) is 2. The number of aromatic hydroxyl groups is 1. The molecule has 0 bridgehead atoms. The normalized spacial score (nSPS) is 19.4. The Hall–Kier alpha value is -2.07. The number of hydrazine groups is 1. The molecular weight excluding hydrogens is 286 g/mol. The molecule has 0 aromatic heterocycles. The highest BCUT2D eigenvalue weighted by molar-refractivity contribution is 5.99. The molecule has 1 atom stereocenters. The van der Waals surface area contributed by atoms with E-state index in [-0.39, 0.29) is 17.1 Å². The summed E-state index contributed by atoms with van der Waals surface area (Å²) < 4.78 is 0. The average molecular weight is 313 g/mol. The van der Waals surface area contributed by atoms with Crippen molar-refractivity contribution in [2.45, 2.75) is 46.5 Å². The molecule has 0 spiro atoms. The van der Waals surface area contributed by atoms with Gasteiger partial charge in [0.1, 0.15) is 11.4 Å². The smallest absolute Gasteiger partial charge is 0.145 e. The number of hydrogen-bond acceptors (Lipinski definition) is 4. The Kier molecular flexibility index (Phi) is 4.95. The van der Waals surface area contributed by atoms with E-state index in [1.165, 1.54) is 5.12 Å². The van der Waals surface area contributed by atoms with E-state index in [2.05, 4.69) is 38.9 Å². The van der Waals surface area contributed by atoms with Crippen LogP contribution in [0.25, 0.3) is 0 Å². The van der Waals surface area contributed by atoms with Crippen LogP contribution in [0.2, 0.25) is 0 Å². The second kappa shape index (κ2) is 6.59. The summed E-state index contributed by atoms with van der Waals surface area (Å²) in [6.07, 6.45) is 8.69. The lowest BCUT2D eigenvalue weighted by atomic mass is 9.85. The predicted molar refractivity (Wildman–Crippen MR) is 97.7 cm³/mol. The lowest BCUT2D eigenvalue weighted by Gasteiger charge is -2.25. The van der Waals surface area contributed by atoms with Gasteiger partial charge in [-0.3, -0.25) is 0 Å². The van der Waals surface area contributed by atoms with Gasteiger partial charge in [0.15, 0.2) is 0 Å². The Morgan fingerprint density at radius 1 is 1.26 bits per heavy atom. The van der Waals surface area contributed by atoms with Gasteiger partial charge in [-0.05, 0) is 35.1 Å². The SMILES string of the molecule is CCc1cc(C(C)(C)C)cc(N(N)/N=C2/C=CC=CC2C)c1O. The quantitative estimate of drug-likeness (QED) is 0.653. The summed E-state index contributed by atoms with van der Waals surface area (Å²) >= 11 is 0. The number of rotatable bonds is 3. The van der Waals surface area contributed by atoms with Crippen molar-refractivity contribution in [2.24, 2.45) is 16.9 Å². The number of nitrogens with two attached hydrogens (primary N) is 1. The van der Waals surface area contributed by atoms with E-state index in [4.69, 9.17) is 5.84 Å². The summed E-state index contributed by atoms with van der Waals surface area (Å²) in [5.74, 6) is 6.56. The number of phenolic OH excluding ortho intramolecular Hbond substituents is 1. The van der Waals surface area contributed by atoms with Gasteiger partial charge >= 0.3 is 0 Å². The number of aryl methyl sites for hydroxylation is 1. The molecule has 1 aliphatic rings. The number of anilines is 1. The Bertz CT molecular complexity index is 666. The van der Waals surface area contributed by atoms with Crippen LogP contribution in [-0.4, -0.2) is 10.8 Å². The Morgan fingerprint density at radius 2 is 1.96 bits per heavy atom. The van der Waals surface area contributed by atoms with Crippen molar-refractivity contribution in [2.75, 3.05) is 5.12 Å². The van der Waals surface area contributed by atoms with Crippen molar-refractivity contribution in [3.8, 4) is 5.75 Å². The lowest BCUT2D eigenvalue weighted by Crippen LogP contribution is -2.28. The van der Waals surface area contributed by atoms with Crippen LogP contribution in [-0.2, 0) is 11.8 Å². The maximum absolute atomic E-state index is 10.5. The topological polar surface area (TPSA) is 61.8 Å². The largest absolute Gasteiger partial charge is 0.505 e. The van der Waals surface area contributed by atoms with E-state index >= 15 is 0 Å². The van der Waals surface area contributed by atoms with Crippen molar-refractivity contribution >= 4 is 11.4 Å². The zero-order valence-electron chi connectivity index (χ0n) is 14.7. The molecule has 1 aromatic carbocycles. The van der Waals surface area contributed by atoms with Crippen molar-refractivity contribution in [3.63, 3.8) is 0 Å². The van der Waals surface area contributed by atoms with Gasteiger partial charge in [0.25, 0.3) is 0 Å². The highest BCUT2D eigenvalue weighted by atomic mass is 16.3. The first-order chi connectivity index (χ1) is 10.7. The van der Waals surface area contributed by atoms with Crippen LogP contribution in [0.4, 0.5) is 5.69 Å². The summed E-state index contributed by atoms with van der Waals surface area (Å²) in [6.45, 7) is 10.5. The summed E-state index contributed by atoms with van der Waals surface area (Å²) in [5.41, 5.74) is 3.40. The van der Waals surface area contributed by atoms with Crippen LogP contribution in [0.15, 0.2) is 41.5 Å². The molecule has 0 aliphatic heterocycles. The third kappa shape index (κ3) is 3.82. The van der Waals surface area contributed by atoms with Crippen molar-refractivity contribution in [1.29, 1.82) is 0 Å². The predicted octanol–water partition coefficient (Wildman–Crippen LogP) is 4.05. The molecule has 1 aliphatic carbocycles. The first kappa shape index (κ1) is 17.3. The molecular formula is C19H27N3O. The van der Waals surface area contributed by atoms with Gasteiger partial charge in [-0.1, -0.05) is 58.9 Å². The zero-order valence-corrected chi connectivity index (χ0v) is 14.7. The van der Waals surface area contributed by atoms with Gasteiger partial charge in [-0.2, -0.15) is 10.2 Å². The summed E-state index contributed by atoms with van der Waals surface area (Å²) in [5, 5.41) is 16.3. The molecule has 3 N–H and O–H groups in total. The molecule has 0 radical (unpaired) electrons. The molecule has 23 heavy (non-hydrogen) atoms. The second-order valence-electron chi connectivity index (χ2n) is 7.01. The van der Waals surface area contributed by atoms with E-state index in [0.717, 1.165) is 23.3 Å².